The molecule has 0 bridgehead atoms. The highest BCUT2D eigenvalue weighted by Gasteiger charge is 2.46. The van der Waals surface area contributed by atoms with Gasteiger partial charge >= 0.3 is 5.97 Å². The molecule has 7 nitrogen and oxygen atoms in total. The van der Waals surface area contributed by atoms with E-state index in [9.17, 15) is 14.7 Å². The summed E-state index contributed by atoms with van der Waals surface area (Å²) in [7, 11) is 0. The van der Waals surface area contributed by atoms with Gasteiger partial charge in [-0.05, 0) is 12.8 Å². The normalized spacial score (nSPS) is 23.9. The lowest BCUT2D eigenvalue weighted by Crippen LogP contribution is -2.55. The summed E-state index contributed by atoms with van der Waals surface area (Å²) >= 11 is 0. The van der Waals surface area contributed by atoms with Gasteiger partial charge in [-0.15, -0.1) is 0 Å². The summed E-state index contributed by atoms with van der Waals surface area (Å²) in [6, 6.07) is -0.850. The summed E-state index contributed by atoms with van der Waals surface area (Å²) in [4.78, 5) is 33.1. The van der Waals surface area contributed by atoms with Crippen LogP contribution in [-0.4, -0.2) is 44.4 Å². The molecule has 0 saturated heterocycles. The van der Waals surface area contributed by atoms with Gasteiger partial charge in [-0.3, -0.25) is 4.79 Å². The number of H-pyrrole nitrogens is 1. The molecule has 1 atom stereocenters. The van der Waals surface area contributed by atoms with E-state index < -0.39 is 17.4 Å². The number of nitrogens with two attached hydrogens (primary N) is 1. The number of aromatic nitrogens is 2. The topological polar surface area (TPSA) is 112 Å². The lowest BCUT2D eigenvalue weighted by atomic mass is 9.83. The predicted molar refractivity (Wildman–Crippen MR) is 74.2 cm³/mol. The molecule has 2 aliphatic rings. The first kappa shape index (κ1) is 14.1. The number of imidazole rings is 1. The minimum atomic E-state index is -0.984. The maximum absolute atomic E-state index is 12.9. The number of amides is 1. The number of hydrogen-bond acceptors (Lipinski definition) is 4. The molecule has 1 amide bonds. The molecule has 3 rings (SSSR count). The number of aromatic amines is 1. The van der Waals surface area contributed by atoms with Gasteiger partial charge in [0.1, 0.15) is 6.04 Å². The van der Waals surface area contributed by atoms with E-state index in [0.29, 0.717) is 0 Å². The van der Waals surface area contributed by atoms with Crippen molar-refractivity contribution in [2.24, 2.45) is 11.1 Å². The van der Waals surface area contributed by atoms with E-state index in [1.807, 2.05) is 0 Å². The third-order valence-corrected chi connectivity index (χ3v) is 4.85. The van der Waals surface area contributed by atoms with E-state index in [2.05, 4.69) is 9.97 Å². The lowest BCUT2D eigenvalue weighted by molar-refractivity contribution is -0.156. The fourth-order valence-electron chi connectivity index (χ4n) is 3.53. The Bertz CT molecular complexity index is 562. The van der Waals surface area contributed by atoms with Crippen molar-refractivity contribution in [2.75, 3.05) is 6.54 Å². The summed E-state index contributed by atoms with van der Waals surface area (Å²) in [5.74, 6) is -1.10. The van der Waals surface area contributed by atoms with Crippen LogP contribution < -0.4 is 5.73 Å². The summed E-state index contributed by atoms with van der Waals surface area (Å²) in [5.41, 5.74) is 6.84. The quantitative estimate of drug-likeness (QED) is 0.740. The van der Waals surface area contributed by atoms with E-state index in [4.69, 9.17) is 5.73 Å². The Labute approximate surface area is 122 Å². The smallest absolute Gasteiger partial charge is 0.326 e. The van der Waals surface area contributed by atoms with E-state index in [1.165, 1.54) is 4.90 Å². The maximum atomic E-state index is 12.9. The number of nitrogens with zero attached hydrogens (tertiary/aromatic N) is 2. The number of rotatable bonds is 3. The third-order valence-electron chi connectivity index (χ3n) is 4.85. The Balaban J connectivity index is 1.92. The number of nitrogens with one attached hydrogen (secondary N) is 1. The molecular formula is C14H20N4O3. The Kier molecular flexibility index (Phi) is 3.44. The fourth-order valence-corrected chi connectivity index (χ4v) is 3.53. The molecule has 1 aromatic heterocycles. The second kappa shape index (κ2) is 5.14. The predicted octanol–water partition coefficient (Wildman–Crippen LogP) is 0.267. The largest absolute Gasteiger partial charge is 0.480 e. The highest BCUT2D eigenvalue weighted by atomic mass is 16.4. The molecule has 1 aromatic rings. The monoisotopic (exact) mass is 292 g/mol. The van der Waals surface area contributed by atoms with Gasteiger partial charge < -0.3 is 20.7 Å². The molecule has 21 heavy (non-hydrogen) atoms. The van der Waals surface area contributed by atoms with Crippen LogP contribution >= 0.6 is 0 Å². The van der Waals surface area contributed by atoms with Crippen LogP contribution in [-0.2, 0) is 22.6 Å². The number of carboxylic acids is 1. The van der Waals surface area contributed by atoms with E-state index in [-0.39, 0.29) is 25.4 Å². The second-order valence-electron chi connectivity index (χ2n) is 6.01. The molecule has 4 N–H and O–H groups in total. The summed E-state index contributed by atoms with van der Waals surface area (Å²) in [5, 5.41) is 9.46. The summed E-state index contributed by atoms with van der Waals surface area (Å²) in [6.07, 6.45) is 5.25. The van der Waals surface area contributed by atoms with Crippen molar-refractivity contribution in [3.05, 3.63) is 17.7 Å². The number of aliphatic carboxylic acids is 1. The van der Waals surface area contributed by atoms with Gasteiger partial charge in [0.05, 0.1) is 29.7 Å². The number of carbonyl (C=O) groups excluding carboxylic acids is 1. The van der Waals surface area contributed by atoms with Crippen molar-refractivity contribution in [3.63, 3.8) is 0 Å². The van der Waals surface area contributed by atoms with Crippen LogP contribution in [0.4, 0.5) is 0 Å². The van der Waals surface area contributed by atoms with Crippen molar-refractivity contribution in [3.8, 4) is 0 Å². The van der Waals surface area contributed by atoms with Crippen molar-refractivity contribution >= 4 is 11.9 Å². The molecule has 7 heteroatoms. The Morgan fingerprint density at radius 2 is 2.19 bits per heavy atom. The molecule has 1 unspecified atom stereocenters. The van der Waals surface area contributed by atoms with Gasteiger partial charge in [0.25, 0.3) is 0 Å². The summed E-state index contributed by atoms with van der Waals surface area (Å²) in [6.45, 7) is 0.553. The number of fused-ring (bicyclic) bond motifs is 1. The van der Waals surface area contributed by atoms with Crippen LogP contribution in [0.1, 0.15) is 37.1 Å². The van der Waals surface area contributed by atoms with Crippen molar-refractivity contribution in [1.29, 1.82) is 0 Å². The van der Waals surface area contributed by atoms with Crippen LogP contribution in [0.2, 0.25) is 0 Å². The van der Waals surface area contributed by atoms with Gasteiger partial charge in [-0.1, -0.05) is 12.8 Å². The van der Waals surface area contributed by atoms with E-state index in [1.54, 1.807) is 6.33 Å². The SMILES string of the molecule is NCC1(C(=O)N2Cc3[nH]cnc3CC2C(=O)O)CCCC1. The number of carboxylic acid groups (broad SMARTS) is 1. The van der Waals surface area contributed by atoms with Crippen LogP contribution in [0.3, 0.4) is 0 Å². The van der Waals surface area contributed by atoms with Crippen molar-refractivity contribution in [2.45, 2.75) is 44.7 Å². The van der Waals surface area contributed by atoms with Gasteiger partial charge in [0.15, 0.2) is 0 Å². The lowest BCUT2D eigenvalue weighted by Gasteiger charge is -2.38. The first-order valence-electron chi connectivity index (χ1n) is 7.32. The van der Waals surface area contributed by atoms with E-state index >= 15 is 0 Å². The molecule has 0 spiro atoms. The van der Waals surface area contributed by atoms with Crippen molar-refractivity contribution < 1.29 is 14.7 Å². The van der Waals surface area contributed by atoms with Gasteiger partial charge in [0, 0.05) is 13.0 Å². The first-order chi connectivity index (χ1) is 10.1. The molecule has 114 valence electrons. The maximum Gasteiger partial charge on any atom is 0.326 e. The standard InChI is InChI=1S/C14H20N4O3/c15-7-14(3-1-2-4-14)13(21)18-6-10-9(16-8-17-10)5-11(18)12(19)20/h8,11H,1-7,15H2,(H,16,17)(H,19,20). The molecule has 2 heterocycles. The Morgan fingerprint density at radius 3 is 2.81 bits per heavy atom. The Morgan fingerprint density at radius 1 is 1.48 bits per heavy atom. The molecule has 1 aliphatic heterocycles. The van der Waals surface area contributed by atoms with Gasteiger partial charge in [-0.25, -0.2) is 9.78 Å². The van der Waals surface area contributed by atoms with Crippen LogP contribution in [0.15, 0.2) is 6.33 Å². The highest BCUT2D eigenvalue weighted by molar-refractivity contribution is 5.88. The van der Waals surface area contributed by atoms with Crippen LogP contribution in [0, 0.1) is 5.41 Å². The molecule has 1 saturated carbocycles. The Hall–Kier alpha value is -1.89. The van der Waals surface area contributed by atoms with E-state index in [0.717, 1.165) is 37.1 Å². The van der Waals surface area contributed by atoms with Crippen LogP contribution in [0.5, 0.6) is 0 Å². The molecule has 1 fully saturated rings. The second-order valence-corrected chi connectivity index (χ2v) is 6.01. The zero-order chi connectivity index (χ0) is 15.0. The minimum absolute atomic E-state index is 0.116. The van der Waals surface area contributed by atoms with Gasteiger partial charge in [0.2, 0.25) is 5.91 Å². The average molecular weight is 292 g/mol. The number of hydrogen-bond donors (Lipinski definition) is 3. The average Bonchev–Trinajstić information content (AvgIpc) is 3.14. The zero-order valence-electron chi connectivity index (χ0n) is 11.8. The number of carbonyl (C=O) groups is 2. The minimum Gasteiger partial charge on any atom is -0.480 e. The first-order valence-corrected chi connectivity index (χ1v) is 7.32. The molecule has 0 aromatic carbocycles. The molecule has 0 radical (unpaired) electrons. The van der Waals surface area contributed by atoms with Gasteiger partial charge in [-0.2, -0.15) is 0 Å². The fraction of sp³-hybridized carbons (Fsp3) is 0.643. The van der Waals surface area contributed by atoms with Crippen molar-refractivity contribution in [1.82, 2.24) is 14.9 Å². The molecular weight excluding hydrogens is 272 g/mol. The zero-order valence-corrected chi connectivity index (χ0v) is 11.8. The summed E-state index contributed by atoms with van der Waals surface area (Å²) < 4.78 is 0. The van der Waals surface area contributed by atoms with Crippen LogP contribution in [0.25, 0.3) is 0 Å². The third kappa shape index (κ3) is 2.21. The highest BCUT2D eigenvalue weighted by Crippen LogP contribution is 2.40. The molecule has 1 aliphatic carbocycles.